The molecule has 5 rings (SSSR count). The maximum atomic E-state index is 14.3. The van der Waals surface area contributed by atoms with Crippen LogP contribution in [0.15, 0.2) is 116 Å². The van der Waals surface area contributed by atoms with Crippen molar-refractivity contribution >= 4 is 45.4 Å². The molecular weight excluding hydrogens is 622 g/mol. The highest BCUT2D eigenvalue weighted by Gasteiger charge is 2.25. The first kappa shape index (κ1) is 29.0. The van der Waals surface area contributed by atoms with E-state index in [1.807, 2.05) is 60.8 Å². The van der Waals surface area contributed by atoms with Gasteiger partial charge >= 0.3 is 0 Å². The van der Waals surface area contributed by atoms with Crippen molar-refractivity contribution in [2.75, 3.05) is 27.6 Å². The molecular formula is C32H28BrNO5S2. The number of carbonyl (C=O) groups is 1. The van der Waals surface area contributed by atoms with Crippen LogP contribution in [-0.4, -0.2) is 38.4 Å². The van der Waals surface area contributed by atoms with Crippen LogP contribution < -0.4 is 18.9 Å². The van der Waals surface area contributed by atoms with Crippen LogP contribution in [0.2, 0.25) is 0 Å². The van der Waals surface area contributed by atoms with Gasteiger partial charge in [-0.1, -0.05) is 66.0 Å². The summed E-state index contributed by atoms with van der Waals surface area (Å²) in [6.07, 6.45) is 2.53. The fourth-order valence-corrected chi connectivity index (χ4v) is 6.86. The Morgan fingerprint density at radius 1 is 0.878 bits per heavy atom. The minimum absolute atomic E-state index is 0.215. The summed E-state index contributed by atoms with van der Waals surface area (Å²) in [5.41, 5.74) is 1.42. The lowest BCUT2D eigenvalue weighted by molar-refractivity contribution is 0.0818. The largest absolute Gasteiger partial charge is 0.493 e. The number of fused-ring (bicyclic) bond motifs is 1. The van der Waals surface area contributed by atoms with Crippen LogP contribution in [0.4, 0.5) is 0 Å². The fourth-order valence-electron chi connectivity index (χ4n) is 4.23. The van der Waals surface area contributed by atoms with Gasteiger partial charge < -0.3 is 23.8 Å². The fraction of sp³-hybridized carbons (Fsp3) is 0.156. The first-order valence-corrected chi connectivity index (χ1v) is 15.3. The summed E-state index contributed by atoms with van der Waals surface area (Å²) in [7, 11) is 3.10. The Morgan fingerprint density at radius 2 is 1.54 bits per heavy atom. The van der Waals surface area contributed by atoms with Crippen LogP contribution in [0.1, 0.15) is 15.9 Å². The summed E-state index contributed by atoms with van der Waals surface area (Å²) in [6.45, 7) is 0.631. The summed E-state index contributed by atoms with van der Waals surface area (Å²) in [6, 6.07) is 29.7. The molecule has 4 aromatic rings. The Balaban J connectivity index is 1.53. The highest BCUT2D eigenvalue weighted by molar-refractivity contribution is 9.10. The van der Waals surface area contributed by atoms with Crippen LogP contribution in [-0.2, 0) is 6.42 Å². The van der Waals surface area contributed by atoms with E-state index in [4.69, 9.17) is 18.9 Å². The number of carbonyl (C=O) groups excluding carboxylic acids is 1. The van der Waals surface area contributed by atoms with Crippen molar-refractivity contribution in [2.45, 2.75) is 16.2 Å². The minimum atomic E-state index is -0.215. The molecule has 0 unspecified atom stereocenters. The van der Waals surface area contributed by atoms with Gasteiger partial charge in [0.25, 0.3) is 5.91 Å². The number of thioether (sulfide) groups is 2. The summed E-state index contributed by atoms with van der Waals surface area (Å²) < 4.78 is 23.8. The Hall–Kier alpha value is -3.53. The molecule has 0 radical (unpaired) electrons. The van der Waals surface area contributed by atoms with Gasteiger partial charge in [-0.2, -0.15) is 0 Å². The molecule has 41 heavy (non-hydrogen) atoms. The average Bonchev–Trinajstić information content (AvgIpc) is 3.47. The molecule has 4 aromatic carbocycles. The molecule has 0 bridgehead atoms. The minimum Gasteiger partial charge on any atom is -0.493 e. The van der Waals surface area contributed by atoms with Crippen LogP contribution in [0, 0.1) is 0 Å². The van der Waals surface area contributed by atoms with Gasteiger partial charge in [-0.15, -0.1) is 0 Å². The molecule has 1 aliphatic rings. The predicted molar refractivity (Wildman–Crippen MR) is 167 cm³/mol. The van der Waals surface area contributed by atoms with E-state index in [9.17, 15) is 4.79 Å². The third-order valence-electron chi connectivity index (χ3n) is 6.23. The summed E-state index contributed by atoms with van der Waals surface area (Å²) in [5.74, 6) is 2.09. The smallest absolute Gasteiger partial charge is 0.262 e. The second-order valence-corrected chi connectivity index (χ2v) is 12.2. The van der Waals surface area contributed by atoms with E-state index in [1.54, 1.807) is 47.7 Å². The van der Waals surface area contributed by atoms with Crippen LogP contribution in [0.25, 0.3) is 0 Å². The Morgan fingerprint density at radius 3 is 2.17 bits per heavy atom. The van der Waals surface area contributed by atoms with Crippen molar-refractivity contribution in [3.05, 3.63) is 117 Å². The monoisotopic (exact) mass is 649 g/mol. The molecule has 210 valence electrons. The zero-order valence-electron chi connectivity index (χ0n) is 22.5. The van der Waals surface area contributed by atoms with Crippen LogP contribution in [0.3, 0.4) is 0 Å². The quantitative estimate of drug-likeness (QED) is 0.152. The number of methoxy groups -OCH3 is 2. The third kappa shape index (κ3) is 7.22. The molecule has 0 saturated heterocycles. The molecule has 0 aromatic heterocycles. The maximum Gasteiger partial charge on any atom is 0.262 e. The van der Waals surface area contributed by atoms with E-state index in [2.05, 4.69) is 40.2 Å². The zero-order chi connectivity index (χ0) is 28.6. The van der Waals surface area contributed by atoms with Crippen LogP contribution >= 0.6 is 39.5 Å². The maximum absolute atomic E-state index is 14.3. The van der Waals surface area contributed by atoms with Gasteiger partial charge in [0, 0.05) is 27.0 Å². The number of hydrogen-bond acceptors (Lipinski definition) is 7. The molecule has 0 aliphatic carbocycles. The molecule has 6 nitrogen and oxygen atoms in total. The van der Waals surface area contributed by atoms with Crippen molar-refractivity contribution in [1.29, 1.82) is 0 Å². The van der Waals surface area contributed by atoms with Gasteiger partial charge in [-0.25, -0.2) is 0 Å². The molecule has 0 atom stereocenters. The standard InChI is InChI=1S/C32H28BrNO5S2/c1-36-27-16-14-25(33)30(31(27)37-2)32(35)34(18-17-22-13-15-26-28(19-22)39-21-38-26)20-29(40-23-9-5-3-6-10-23)41-24-11-7-4-8-12-24/h3-16,19-20H,17-18,21H2,1-2H3. The molecule has 0 saturated carbocycles. The SMILES string of the molecule is COc1ccc(Br)c(C(=O)N(C=C(Sc2ccccc2)Sc2ccccc2)CCc2ccc3c(c2)OCO3)c1OC. The number of benzene rings is 4. The second-order valence-electron chi connectivity index (χ2n) is 8.87. The molecule has 0 spiro atoms. The summed E-state index contributed by atoms with van der Waals surface area (Å²) >= 11 is 6.80. The molecule has 1 amide bonds. The Bertz CT molecular complexity index is 1490. The lowest BCUT2D eigenvalue weighted by Gasteiger charge is -2.23. The Kier molecular flexibility index (Phi) is 9.82. The normalized spacial score (nSPS) is 11.6. The van der Waals surface area contributed by atoms with E-state index in [-0.39, 0.29) is 12.7 Å². The number of amides is 1. The van der Waals surface area contributed by atoms with Gasteiger partial charge in [-0.05, 0) is 76.4 Å². The van der Waals surface area contributed by atoms with Gasteiger partial charge in [0.15, 0.2) is 23.0 Å². The topological polar surface area (TPSA) is 57.2 Å². The number of hydrogen-bond donors (Lipinski definition) is 0. The van der Waals surface area contributed by atoms with E-state index in [0.29, 0.717) is 40.3 Å². The van der Waals surface area contributed by atoms with Gasteiger partial charge in [0.2, 0.25) is 6.79 Å². The second kappa shape index (κ2) is 13.9. The first-order chi connectivity index (χ1) is 20.1. The summed E-state index contributed by atoms with van der Waals surface area (Å²) in [4.78, 5) is 18.2. The van der Waals surface area contributed by atoms with Gasteiger partial charge in [-0.3, -0.25) is 4.79 Å². The number of nitrogens with zero attached hydrogens (tertiary/aromatic N) is 1. The van der Waals surface area contributed by atoms with Gasteiger partial charge in [0.05, 0.1) is 24.0 Å². The predicted octanol–water partition coefficient (Wildman–Crippen LogP) is 8.26. The van der Waals surface area contributed by atoms with E-state index < -0.39 is 0 Å². The van der Waals surface area contributed by atoms with E-state index >= 15 is 0 Å². The van der Waals surface area contributed by atoms with Crippen molar-refractivity contribution in [3.63, 3.8) is 0 Å². The lowest BCUT2D eigenvalue weighted by atomic mass is 10.1. The molecule has 0 fully saturated rings. The summed E-state index contributed by atoms with van der Waals surface area (Å²) in [5, 5.41) is 0. The van der Waals surface area contributed by atoms with Crippen molar-refractivity contribution in [2.24, 2.45) is 0 Å². The molecule has 9 heteroatoms. The molecule has 1 aliphatic heterocycles. The Labute approximate surface area is 256 Å². The highest BCUT2D eigenvalue weighted by atomic mass is 79.9. The van der Waals surface area contributed by atoms with Crippen molar-refractivity contribution in [3.8, 4) is 23.0 Å². The van der Waals surface area contributed by atoms with E-state index in [1.165, 1.54) is 7.11 Å². The third-order valence-corrected chi connectivity index (χ3v) is 9.02. The molecule has 0 N–H and O–H groups in total. The number of halogens is 1. The average molecular weight is 651 g/mol. The highest BCUT2D eigenvalue weighted by Crippen LogP contribution is 2.41. The first-order valence-electron chi connectivity index (χ1n) is 12.8. The lowest BCUT2D eigenvalue weighted by Crippen LogP contribution is -2.29. The van der Waals surface area contributed by atoms with E-state index in [0.717, 1.165) is 25.3 Å². The van der Waals surface area contributed by atoms with Crippen LogP contribution in [0.5, 0.6) is 23.0 Å². The molecule has 1 heterocycles. The van der Waals surface area contributed by atoms with Crippen molar-refractivity contribution in [1.82, 2.24) is 4.90 Å². The zero-order valence-corrected chi connectivity index (χ0v) is 25.8. The number of ether oxygens (including phenoxy) is 4. The number of rotatable bonds is 11. The van der Waals surface area contributed by atoms with Crippen molar-refractivity contribution < 1.29 is 23.7 Å². The van der Waals surface area contributed by atoms with Gasteiger partial charge in [0.1, 0.15) is 0 Å².